The van der Waals surface area contributed by atoms with E-state index >= 15 is 0 Å². The Hall–Kier alpha value is -0.650. The Labute approximate surface area is 78.9 Å². The summed E-state index contributed by atoms with van der Waals surface area (Å²) in [6.45, 7) is 0. The van der Waals surface area contributed by atoms with Crippen molar-refractivity contribution < 1.29 is 4.79 Å². The molecule has 0 aliphatic heterocycles. The lowest BCUT2D eigenvalue weighted by molar-refractivity contribution is -0.129. The number of likely N-dealkylation sites (N-methyl/N-ethyl adjacent to an activating group) is 1. The lowest BCUT2D eigenvalue weighted by Gasteiger charge is -2.07. The Morgan fingerprint density at radius 1 is 1.92 bits per heavy atom. The number of carbonyl (C=O) groups excluding carboxylic acids is 1. The fraction of sp³-hybridized carbons (Fsp3) is 0.333. The highest BCUT2D eigenvalue weighted by Gasteiger charge is 2.08. The van der Waals surface area contributed by atoms with Gasteiger partial charge in [-0.25, -0.2) is 10.8 Å². The Bertz CT molecular complexity index is 286. The van der Waals surface area contributed by atoms with Crippen LogP contribution in [0.1, 0.15) is 5.69 Å². The molecule has 1 amide bonds. The molecule has 66 valence electrons. The van der Waals surface area contributed by atoms with Gasteiger partial charge in [-0.3, -0.25) is 9.80 Å². The molecule has 0 saturated carbocycles. The van der Waals surface area contributed by atoms with Gasteiger partial charge >= 0.3 is 0 Å². The predicted molar refractivity (Wildman–Crippen MR) is 47.8 cm³/mol. The summed E-state index contributed by atoms with van der Waals surface area (Å²) in [7, 11) is 1.50. The molecule has 4 nitrogen and oxygen atoms in total. The topological polar surface area (TPSA) is 59.2 Å². The molecule has 6 heteroatoms. The van der Waals surface area contributed by atoms with Crippen molar-refractivity contribution in [3.8, 4) is 0 Å². The number of amides is 1. The number of carbonyl (C=O) groups is 1. The monoisotopic (exact) mass is 205 g/mol. The molecule has 2 N–H and O–H groups in total. The third-order valence-electron chi connectivity index (χ3n) is 1.25. The van der Waals surface area contributed by atoms with Crippen molar-refractivity contribution in [3.05, 3.63) is 15.5 Å². The SMILES string of the molecule is CN(N)C(=O)Cc1csc(Cl)n1. The number of hydrazine groups is 1. The number of halogens is 1. The van der Waals surface area contributed by atoms with Gasteiger partial charge in [-0.1, -0.05) is 11.6 Å². The average molecular weight is 206 g/mol. The van der Waals surface area contributed by atoms with Crippen molar-refractivity contribution in [2.24, 2.45) is 5.84 Å². The summed E-state index contributed by atoms with van der Waals surface area (Å²) >= 11 is 6.88. The van der Waals surface area contributed by atoms with Crippen LogP contribution in [0.5, 0.6) is 0 Å². The van der Waals surface area contributed by atoms with Crippen LogP contribution in [0, 0.1) is 0 Å². The van der Waals surface area contributed by atoms with Crippen molar-refractivity contribution in [1.82, 2.24) is 9.99 Å². The van der Waals surface area contributed by atoms with E-state index in [0.717, 1.165) is 5.01 Å². The first-order valence-electron chi connectivity index (χ1n) is 3.20. The van der Waals surface area contributed by atoms with Gasteiger partial charge in [0.1, 0.15) is 0 Å². The second kappa shape index (κ2) is 3.84. The Kier molecular flexibility index (Phi) is 3.02. The van der Waals surface area contributed by atoms with Crippen LogP contribution in [0.4, 0.5) is 0 Å². The maximum atomic E-state index is 11.0. The fourth-order valence-electron chi connectivity index (χ4n) is 0.643. The molecule has 0 fully saturated rings. The molecule has 1 rings (SSSR count). The Morgan fingerprint density at radius 2 is 2.58 bits per heavy atom. The molecule has 1 aromatic heterocycles. The van der Waals surface area contributed by atoms with Crippen molar-refractivity contribution in [2.75, 3.05) is 7.05 Å². The quantitative estimate of drug-likeness (QED) is 0.439. The number of aromatic nitrogens is 1. The summed E-state index contributed by atoms with van der Waals surface area (Å²) in [5, 5.41) is 2.77. The van der Waals surface area contributed by atoms with E-state index in [4.69, 9.17) is 17.4 Å². The van der Waals surface area contributed by atoms with Crippen LogP contribution in [0.3, 0.4) is 0 Å². The van der Waals surface area contributed by atoms with Gasteiger partial charge in [0.05, 0.1) is 12.1 Å². The number of nitrogens with zero attached hydrogens (tertiary/aromatic N) is 2. The molecule has 0 saturated heterocycles. The van der Waals surface area contributed by atoms with Crippen LogP contribution >= 0.6 is 22.9 Å². The van der Waals surface area contributed by atoms with E-state index in [1.54, 1.807) is 5.38 Å². The zero-order valence-corrected chi connectivity index (χ0v) is 8.02. The minimum Gasteiger partial charge on any atom is -0.284 e. The Morgan fingerprint density at radius 3 is 3.00 bits per heavy atom. The second-order valence-electron chi connectivity index (χ2n) is 2.27. The summed E-state index contributed by atoms with van der Waals surface area (Å²) < 4.78 is 0.442. The number of hydrogen-bond acceptors (Lipinski definition) is 4. The third kappa shape index (κ3) is 2.44. The first-order valence-corrected chi connectivity index (χ1v) is 4.46. The van der Waals surface area contributed by atoms with Crippen molar-refractivity contribution >= 4 is 28.8 Å². The summed E-state index contributed by atoms with van der Waals surface area (Å²) in [6, 6.07) is 0. The number of hydrogen-bond donors (Lipinski definition) is 1. The largest absolute Gasteiger partial charge is 0.284 e. The van der Waals surface area contributed by atoms with Crippen LogP contribution in [-0.4, -0.2) is 22.9 Å². The van der Waals surface area contributed by atoms with Gasteiger partial charge in [0, 0.05) is 12.4 Å². The Balaban J connectivity index is 2.58. The van der Waals surface area contributed by atoms with E-state index < -0.39 is 0 Å². The molecule has 0 atom stereocenters. The molecule has 0 aromatic carbocycles. The van der Waals surface area contributed by atoms with E-state index in [0.29, 0.717) is 10.2 Å². The van der Waals surface area contributed by atoms with Crippen molar-refractivity contribution in [2.45, 2.75) is 6.42 Å². The van der Waals surface area contributed by atoms with Crippen molar-refractivity contribution in [3.63, 3.8) is 0 Å². The van der Waals surface area contributed by atoms with Crippen LogP contribution < -0.4 is 5.84 Å². The zero-order chi connectivity index (χ0) is 9.14. The van der Waals surface area contributed by atoms with Crippen molar-refractivity contribution in [1.29, 1.82) is 0 Å². The summed E-state index contributed by atoms with van der Waals surface area (Å²) in [5.41, 5.74) is 0.660. The molecule has 0 unspecified atom stereocenters. The van der Waals surface area contributed by atoms with Gasteiger partial charge in [0.25, 0.3) is 0 Å². The molecular formula is C6H8ClN3OS. The molecule has 0 spiro atoms. The maximum absolute atomic E-state index is 11.0. The summed E-state index contributed by atoms with van der Waals surface area (Å²) in [5.74, 6) is 5.03. The van der Waals surface area contributed by atoms with Gasteiger partial charge in [-0.2, -0.15) is 0 Å². The number of rotatable bonds is 2. The van der Waals surface area contributed by atoms with Crippen LogP contribution in [0.2, 0.25) is 4.47 Å². The molecule has 0 bridgehead atoms. The first kappa shape index (κ1) is 9.44. The van der Waals surface area contributed by atoms with E-state index in [9.17, 15) is 4.79 Å². The standard InChI is InChI=1S/C6H8ClN3OS/c1-10(8)5(11)2-4-3-12-6(7)9-4/h3H,2,8H2,1H3. The molecule has 12 heavy (non-hydrogen) atoms. The third-order valence-corrected chi connectivity index (χ3v) is 2.28. The molecular weight excluding hydrogens is 198 g/mol. The number of thiazole rings is 1. The predicted octanol–water partition coefficient (Wildman–Crippen LogP) is 0.671. The second-order valence-corrected chi connectivity index (χ2v) is 3.71. The fourth-order valence-corrected chi connectivity index (χ4v) is 1.42. The average Bonchev–Trinajstić information content (AvgIpc) is 2.35. The van der Waals surface area contributed by atoms with Gasteiger partial charge in [-0.05, 0) is 0 Å². The highest BCUT2D eigenvalue weighted by atomic mass is 35.5. The maximum Gasteiger partial charge on any atom is 0.242 e. The van der Waals surface area contributed by atoms with E-state index in [1.807, 2.05) is 0 Å². The lowest BCUT2D eigenvalue weighted by atomic mass is 10.3. The van der Waals surface area contributed by atoms with Gasteiger partial charge in [0.15, 0.2) is 4.47 Å². The summed E-state index contributed by atoms with van der Waals surface area (Å²) in [6.07, 6.45) is 0.205. The molecule has 0 aliphatic carbocycles. The van der Waals surface area contributed by atoms with Crippen LogP contribution in [-0.2, 0) is 11.2 Å². The van der Waals surface area contributed by atoms with Crippen LogP contribution in [0.15, 0.2) is 5.38 Å². The first-order chi connectivity index (χ1) is 5.59. The minimum absolute atomic E-state index is 0.183. The van der Waals surface area contributed by atoms with E-state index in [2.05, 4.69) is 4.98 Å². The summed E-state index contributed by atoms with van der Waals surface area (Å²) in [4.78, 5) is 15.0. The zero-order valence-electron chi connectivity index (χ0n) is 6.45. The molecule has 0 aliphatic rings. The van der Waals surface area contributed by atoms with Crippen LogP contribution in [0.25, 0.3) is 0 Å². The normalized spacial score (nSPS) is 9.92. The molecule has 1 heterocycles. The van der Waals surface area contributed by atoms with E-state index in [-0.39, 0.29) is 12.3 Å². The van der Waals surface area contributed by atoms with E-state index in [1.165, 1.54) is 18.4 Å². The number of nitrogens with two attached hydrogens (primary N) is 1. The van der Waals surface area contributed by atoms with Gasteiger partial charge < -0.3 is 0 Å². The molecule has 0 radical (unpaired) electrons. The minimum atomic E-state index is -0.183. The molecule has 1 aromatic rings. The van der Waals surface area contributed by atoms with Gasteiger partial charge in [0.2, 0.25) is 5.91 Å². The highest BCUT2D eigenvalue weighted by molar-refractivity contribution is 7.13. The smallest absolute Gasteiger partial charge is 0.242 e. The van der Waals surface area contributed by atoms with Gasteiger partial charge in [-0.15, -0.1) is 11.3 Å². The highest BCUT2D eigenvalue weighted by Crippen LogP contribution is 2.15. The lowest BCUT2D eigenvalue weighted by Crippen LogP contribution is -2.34.